The van der Waals surface area contributed by atoms with Gasteiger partial charge in [0.25, 0.3) is 0 Å². The van der Waals surface area contributed by atoms with Crippen molar-refractivity contribution in [3.8, 4) is 22.4 Å². The number of aromatic nitrogens is 3. The summed E-state index contributed by atoms with van der Waals surface area (Å²) in [6.07, 6.45) is 5.09. The van der Waals surface area contributed by atoms with Gasteiger partial charge in [-0.25, -0.2) is 15.0 Å². The van der Waals surface area contributed by atoms with Crippen molar-refractivity contribution in [3.05, 3.63) is 60.7 Å². The van der Waals surface area contributed by atoms with Gasteiger partial charge in [-0.05, 0) is 17.2 Å². The fourth-order valence-corrected chi connectivity index (χ4v) is 4.44. The van der Waals surface area contributed by atoms with Gasteiger partial charge in [-0.15, -0.1) is 0 Å². The van der Waals surface area contributed by atoms with E-state index in [1.54, 1.807) is 31.3 Å². The van der Waals surface area contributed by atoms with E-state index in [4.69, 9.17) is 15.5 Å². The summed E-state index contributed by atoms with van der Waals surface area (Å²) in [5.41, 5.74) is 11.7. The maximum atomic E-state index is 6.61. The highest BCUT2D eigenvalue weighted by atomic mass is 32.2. The highest BCUT2D eigenvalue weighted by Gasteiger charge is 2.34. The Morgan fingerprint density at radius 3 is 2.67 bits per heavy atom. The summed E-state index contributed by atoms with van der Waals surface area (Å²) in [6.45, 7) is 1.39. The fraction of sp³-hybridized carbons (Fsp3) is 0.250. The van der Waals surface area contributed by atoms with Gasteiger partial charge in [-0.2, -0.15) is 0 Å². The van der Waals surface area contributed by atoms with Crippen LogP contribution < -0.4 is 11.1 Å². The van der Waals surface area contributed by atoms with Gasteiger partial charge >= 0.3 is 0 Å². The molecule has 0 fully saturated rings. The quantitative estimate of drug-likeness (QED) is 0.637. The second-order valence-corrected chi connectivity index (χ2v) is 7.41. The summed E-state index contributed by atoms with van der Waals surface area (Å²) in [7, 11) is 1.70. The van der Waals surface area contributed by atoms with Crippen LogP contribution in [0, 0.1) is 0 Å². The predicted molar refractivity (Wildman–Crippen MR) is 107 cm³/mol. The Labute approximate surface area is 162 Å². The monoisotopic (exact) mass is 379 g/mol. The van der Waals surface area contributed by atoms with Crippen molar-refractivity contribution in [2.75, 3.05) is 20.3 Å². The van der Waals surface area contributed by atoms with E-state index in [0.29, 0.717) is 6.61 Å². The molecule has 1 aromatic carbocycles. The van der Waals surface area contributed by atoms with Crippen LogP contribution in [0.5, 0.6) is 0 Å². The Bertz CT molecular complexity index is 907. The first-order chi connectivity index (χ1) is 13.3. The average molecular weight is 379 g/mol. The topological polar surface area (TPSA) is 86.0 Å². The molecule has 2 atom stereocenters. The van der Waals surface area contributed by atoms with Crippen LogP contribution >= 0.6 is 11.8 Å². The third-order valence-corrected chi connectivity index (χ3v) is 5.76. The minimum absolute atomic E-state index is 0.0624. The number of benzene rings is 1. The molecule has 6 nitrogen and oxygen atoms in total. The molecule has 3 aromatic rings. The average Bonchev–Trinajstić information content (AvgIpc) is 3.04. The van der Waals surface area contributed by atoms with Crippen LogP contribution in [-0.2, 0) is 4.74 Å². The summed E-state index contributed by atoms with van der Waals surface area (Å²) in [5, 5.41) is 4.48. The van der Waals surface area contributed by atoms with Crippen LogP contribution in [0.25, 0.3) is 22.4 Å². The lowest BCUT2D eigenvalue weighted by molar-refractivity contribution is 0.198. The maximum Gasteiger partial charge on any atom is 0.115 e. The molecule has 7 heteroatoms. The maximum absolute atomic E-state index is 6.61. The lowest BCUT2D eigenvalue weighted by Gasteiger charge is -2.18. The normalized spacial score (nSPS) is 18.4. The Hall–Kier alpha value is -2.32. The molecule has 0 radical (unpaired) electrons. The summed E-state index contributed by atoms with van der Waals surface area (Å²) >= 11 is 1.67. The van der Waals surface area contributed by atoms with Gasteiger partial charge in [0, 0.05) is 37.2 Å². The van der Waals surface area contributed by atoms with E-state index in [2.05, 4.69) is 33.5 Å². The van der Waals surface area contributed by atoms with E-state index in [1.165, 1.54) is 6.33 Å². The molecule has 1 aliphatic heterocycles. The van der Waals surface area contributed by atoms with Crippen molar-refractivity contribution >= 4 is 11.8 Å². The molecule has 3 N–H and O–H groups in total. The molecule has 1 aliphatic rings. The number of nitrogens with two attached hydrogens (primary N) is 1. The van der Waals surface area contributed by atoms with Gasteiger partial charge in [-0.3, -0.25) is 0 Å². The van der Waals surface area contributed by atoms with Crippen molar-refractivity contribution in [2.45, 2.75) is 16.4 Å². The van der Waals surface area contributed by atoms with Gasteiger partial charge in [-0.1, -0.05) is 42.1 Å². The van der Waals surface area contributed by atoms with Gasteiger partial charge < -0.3 is 15.8 Å². The summed E-state index contributed by atoms with van der Waals surface area (Å²) in [5.74, 6) is 0. The first kappa shape index (κ1) is 18.1. The number of nitrogens with zero attached hydrogens (tertiary/aromatic N) is 3. The Balaban J connectivity index is 1.78. The minimum Gasteiger partial charge on any atom is -0.383 e. The Morgan fingerprint density at radius 2 is 1.93 bits per heavy atom. The highest BCUT2D eigenvalue weighted by molar-refractivity contribution is 8.00. The van der Waals surface area contributed by atoms with Crippen LogP contribution in [-0.4, -0.2) is 40.6 Å². The van der Waals surface area contributed by atoms with Crippen molar-refractivity contribution in [1.82, 2.24) is 20.3 Å². The van der Waals surface area contributed by atoms with E-state index < -0.39 is 0 Å². The second kappa shape index (κ2) is 8.14. The van der Waals surface area contributed by atoms with E-state index >= 15 is 0 Å². The van der Waals surface area contributed by atoms with Crippen LogP contribution in [0.3, 0.4) is 0 Å². The third-order valence-electron chi connectivity index (χ3n) is 4.51. The number of methoxy groups -OCH3 is 1. The first-order valence-corrected chi connectivity index (χ1v) is 9.66. The number of fused-ring (bicyclic) bond motifs is 1. The number of hydrogen-bond donors (Lipinski definition) is 2. The largest absolute Gasteiger partial charge is 0.383 e. The molecule has 138 valence electrons. The molecule has 4 rings (SSSR count). The Kier molecular flexibility index (Phi) is 5.45. The summed E-state index contributed by atoms with van der Waals surface area (Å²) in [4.78, 5) is 13.1. The molecule has 0 amide bonds. The minimum atomic E-state index is -0.148. The molecule has 0 bridgehead atoms. The number of ether oxygens (including phenoxy) is 1. The van der Waals surface area contributed by atoms with Gasteiger partial charge in [0.15, 0.2) is 0 Å². The number of thioether (sulfide) groups is 1. The van der Waals surface area contributed by atoms with E-state index in [1.807, 2.05) is 18.2 Å². The molecular weight excluding hydrogens is 358 g/mol. The van der Waals surface area contributed by atoms with Crippen LogP contribution in [0.15, 0.2) is 60.1 Å². The first-order valence-electron chi connectivity index (χ1n) is 8.78. The number of pyridine rings is 1. The molecule has 3 heterocycles. The van der Waals surface area contributed by atoms with Crippen LogP contribution in [0.1, 0.15) is 11.6 Å². The zero-order valence-corrected chi connectivity index (χ0v) is 15.8. The molecule has 0 saturated heterocycles. The van der Waals surface area contributed by atoms with Crippen LogP contribution in [0.2, 0.25) is 0 Å². The molecule has 2 unspecified atom stereocenters. The van der Waals surface area contributed by atoms with Crippen molar-refractivity contribution in [1.29, 1.82) is 0 Å². The molecular formula is C20H21N5OS. The van der Waals surface area contributed by atoms with Gasteiger partial charge in [0.1, 0.15) is 11.4 Å². The van der Waals surface area contributed by atoms with Crippen molar-refractivity contribution in [3.63, 3.8) is 0 Å². The van der Waals surface area contributed by atoms with Crippen molar-refractivity contribution in [2.24, 2.45) is 5.73 Å². The highest BCUT2D eigenvalue weighted by Crippen LogP contribution is 2.46. The molecule has 0 aliphatic carbocycles. The van der Waals surface area contributed by atoms with E-state index in [-0.39, 0.29) is 11.4 Å². The number of nitrogens with one attached hydrogen (secondary N) is 1. The standard InChI is InChI=1S/C20H21N5OS/c1-26-8-7-24-20-18(21)17-15(13-5-3-2-4-6-13)9-16(25-19(17)27-20)14-10-22-12-23-11-14/h2-6,9-12,18,20,24H,7-8,21H2,1H3. The number of rotatable bonds is 6. The van der Waals surface area contributed by atoms with Gasteiger partial charge in [0.2, 0.25) is 0 Å². The molecule has 0 spiro atoms. The SMILES string of the molecule is COCCNC1Sc2nc(-c3cncnc3)cc(-c3ccccc3)c2C1N. The second-order valence-electron chi connectivity index (χ2n) is 6.28. The number of hydrogen-bond acceptors (Lipinski definition) is 7. The molecule has 2 aromatic heterocycles. The van der Waals surface area contributed by atoms with Crippen molar-refractivity contribution < 1.29 is 4.74 Å². The molecule has 0 saturated carbocycles. The van der Waals surface area contributed by atoms with E-state index in [9.17, 15) is 0 Å². The lowest BCUT2D eigenvalue weighted by Crippen LogP contribution is -2.35. The zero-order chi connectivity index (χ0) is 18.6. The predicted octanol–water partition coefficient (Wildman–Crippen LogP) is 2.87. The lowest BCUT2D eigenvalue weighted by atomic mass is 9.95. The van der Waals surface area contributed by atoms with Gasteiger partial charge in [0.05, 0.1) is 23.7 Å². The Morgan fingerprint density at radius 1 is 1.15 bits per heavy atom. The fourth-order valence-electron chi connectivity index (χ4n) is 3.20. The zero-order valence-electron chi connectivity index (χ0n) is 15.0. The van der Waals surface area contributed by atoms with E-state index in [0.717, 1.165) is 39.5 Å². The molecule has 27 heavy (non-hydrogen) atoms. The summed E-state index contributed by atoms with van der Waals surface area (Å²) in [6, 6.07) is 12.2. The van der Waals surface area contributed by atoms with Crippen LogP contribution in [0.4, 0.5) is 0 Å². The summed E-state index contributed by atoms with van der Waals surface area (Å²) < 4.78 is 5.14. The third kappa shape index (κ3) is 3.72. The smallest absolute Gasteiger partial charge is 0.115 e.